The van der Waals surface area contributed by atoms with E-state index in [1.807, 2.05) is 6.92 Å². The van der Waals surface area contributed by atoms with Gasteiger partial charge in [-0.2, -0.15) is 0 Å². The van der Waals surface area contributed by atoms with E-state index in [2.05, 4.69) is 4.98 Å². The summed E-state index contributed by atoms with van der Waals surface area (Å²) < 4.78 is 1.45. The van der Waals surface area contributed by atoms with Crippen molar-refractivity contribution in [1.82, 2.24) is 9.55 Å². The lowest BCUT2D eigenvalue weighted by Crippen LogP contribution is -2.16. The first-order valence-electron chi connectivity index (χ1n) is 4.21. The first-order chi connectivity index (χ1) is 6.59. The van der Waals surface area contributed by atoms with E-state index in [0.29, 0.717) is 15.9 Å². The standard InChI is InChI=1S/C10H9ClN2O/c1-6-3-7-9(4-8(6)11)12-5-13(2)10(7)14/h3-5H,1-2H3. The average Bonchev–Trinajstić information content (AvgIpc) is 2.15. The van der Waals surface area contributed by atoms with Crippen LogP contribution in [0, 0.1) is 6.92 Å². The van der Waals surface area contributed by atoms with Crippen molar-refractivity contribution in [3.05, 3.63) is 39.4 Å². The fourth-order valence-electron chi connectivity index (χ4n) is 1.34. The maximum absolute atomic E-state index is 11.7. The summed E-state index contributed by atoms with van der Waals surface area (Å²) in [6, 6.07) is 3.49. The molecule has 0 amide bonds. The molecule has 0 atom stereocenters. The molecule has 0 N–H and O–H groups in total. The van der Waals surface area contributed by atoms with Gasteiger partial charge >= 0.3 is 0 Å². The highest BCUT2D eigenvalue weighted by molar-refractivity contribution is 6.32. The number of fused-ring (bicyclic) bond motifs is 1. The van der Waals surface area contributed by atoms with E-state index in [-0.39, 0.29) is 5.56 Å². The molecule has 4 heteroatoms. The van der Waals surface area contributed by atoms with Gasteiger partial charge in [0.15, 0.2) is 0 Å². The van der Waals surface area contributed by atoms with Gasteiger partial charge < -0.3 is 4.57 Å². The Morgan fingerprint density at radius 3 is 2.86 bits per heavy atom. The van der Waals surface area contributed by atoms with E-state index >= 15 is 0 Å². The molecular formula is C10H9ClN2O. The number of hydrogen-bond acceptors (Lipinski definition) is 2. The first kappa shape index (κ1) is 9.21. The van der Waals surface area contributed by atoms with Crippen LogP contribution in [0.25, 0.3) is 10.9 Å². The number of hydrogen-bond donors (Lipinski definition) is 0. The second-order valence-electron chi connectivity index (χ2n) is 3.28. The van der Waals surface area contributed by atoms with Crippen LogP contribution in [0.3, 0.4) is 0 Å². The van der Waals surface area contributed by atoms with Gasteiger partial charge in [-0.05, 0) is 24.6 Å². The zero-order valence-electron chi connectivity index (χ0n) is 7.91. The summed E-state index contributed by atoms with van der Waals surface area (Å²) in [5, 5.41) is 1.25. The molecule has 2 rings (SSSR count). The Kier molecular flexibility index (Phi) is 2.04. The lowest BCUT2D eigenvalue weighted by atomic mass is 10.2. The van der Waals surface area contributed by atoms with Crippen LogP contribution in [0.5, 0.6) is 0 Å². The van der Waals surface area contributed by atoms with E-state index in [1.54, 1.807) is 19.2 Å². The van der Waals surface area contributed by atoms with Crippen molar-refractivity contribution in [2.75, 3.05) is 0 Å². The summed E-state index contributed by atoms with van der Waals surface area (Å²) >= 11 is 5.93. The van der Waals surface area contributed by atoms with E-state index < -0.39 is 0 Å². The normalized spacial score (nSPS) is 10.8. The average molecular weight is 209 g/mol. The number of aromatic nitrogens is 2. The fraction of sp³-hybridized carbons (Fsp3) is 0.200. The highest BCUT2D eigenvalue weighted by atomic mass is 35.5. The molecule has 3 nitrogen and oxygen atoms in total. The minimum absolute atomic E-state index is 0.0465. The van der Waals surface area contributed by atoms with Crippen LogP contribution in [0.4, 0.5) is 0 Å². The highest BCUT2D eigenvalue weighted by Crippen LogP contribution is 2.19. The highest BCUT2D eigenvalue weighted by Gasteiger charge is 2.04. The number of rotatable bonds is 0. The van der Waals surface area contributed by atoms with Crippen molar-refractivity contribution in [2.24, 2.45) is 7.05 Å². The Morgan fingerprint density at radius 2 is 2.14 bits per heavy atom. The molecule has 1 aromatic heterocycles. The fourth-order valence-corrected chi connectivity index (χ4v) is 1.50. The van der Waals surface area contributed by atoms with Gasteiger partial charge in [0.2, 0.25) is 0 Å². The molecule has 0 saturated carbocycles. The van der Waals surface area contributed by atoms with Crippen LogP contribution < -0.4 is 5.56 Å². The molecule has 0 aliphatic carbocycles. The zero-order chi connectivity index (χ0) is 10.3. The van der Waals surface area contributed by atoms with Crippen molar-refractivity contribution in [1.29, 1.82) is 0 Å². The molecule has 0 saturated heterocycles. The van der Waals surface area contributed by atoms with Crippen molar-refractivity contribution < 1.29 is 0 Å². The Bertz CT molecular complexity index is 560. The summed E-state index contributed by atoms with van der Waals surface area (Å²) in [6.45, 7) is 1.87. The molecule has 72 valence electrons. The van der Waals surface area contributed by atoms with Gasteiger partial charge in [0, 0.05) is 12.1 Å². The quantitative estimate of drug-likeness (QED) is 0.663. The van der Waals surface area contributed by atoms with Gasteiger partial charge in [0.05, 0.1) is 17.2 Å². The van der Waals surface area contributed by atoms with E-state index in [9.17, 15) is 4.79 Å². The van der Waals surface area contributed by atoms with Crippen LogP contribution in [0.15, 0.2) is 23.3 Å². The lowest BCUT2D eigenvalue weighted by molar-refractivity contribution is 0.842. The molecule has 14 heavy (non-hydrogen) atoms. The summed E-state index contributed by atoms with van der Waals surface area (Å²) in [4.78, 5) is 15.8. The van der Waals surface area contributed by atoms with Crippen molar-refractivity contribution in [3.63, 3.8) is 0 Å². The van der Waals surface area contributed by atoms with Crippen LogP contribution in [-0.4, -0.2) is 9.55 Å². The van der Waals surface area contributed by atoms with Crippen molar-refractivity contribution in [3.8, 4) is 0 Å². The smallest absolute Gasteiger partial charge is 0.260 e. The third-order valence-electron chi connectivity index (χ3n) is 2.20. The van der Waals surface area contributed by atoms with Crippen LogP contribution in [0.1, 0.15) is 5.56 Å². The molecular weight excluding hydrogens is 200 g/mol. The molecule has 0 radical (unpaired) electrons. The van der Waals surface area contributed by atoms with Crippen molar-refractivity contribution >= 4 is 22.5 Å². The molecule has 1 aromatic carbocycles. The minimum Gasteiger partial charge on any atom is -0.302 e. The molecule has 0 fully saturated rings. The molecule has 2 aromatic rings. The van der Waals surface area contributed by atoms with Gasteiger partial charge in [-0.15, -0.1) is 0 Å². The predicted octanol–water partition coefficient (Wildman–Crippen LogP) is 1.90. The Balaban J connectivity index is 2.97. The maximum atomic E-state index is 11.7. The molecule has 0 bridgehead atoms. The minimum atomic E-state index is -0.0465. The maximum Gasteiger partial charge on any atom is 0.260 e. The van der Waals surface area contributed by atoms with E-state index in [1.165, 1.54) is 10.9 Å². The second kappa shape index (κ2) is 3.10. The Labute approximate surface area is 86.0 Å². The van der Waals surface area contributed by atoms with Crippen LogP contribution in [-0.2, 0) is 7.05 Å². The summed E-state index contributed by atoms with van der Waals surface area (Å²) in [5.41, 5.74) is 1.49. The number of nitrogens with zero attached hydrogens (tertiary/aromatic N) is 2. The summed E-state index contributed by atoms with van der Waals surface area (Å²) in [7, 11) is 1.68. The first-order valence-corrected chi connectivity index (χ1v) is 4.59. The van der Waals surface area contributed by atoms with E-state index in [4.69, 9.17) is 11.6 Å². The third-order valence-corrected chi connectivity index (χ3v) is 2.60. The van der Waals surface area contributed by atoms with Gasteiger partial charge in [-0.3, -0.25) is 4.79 Å². The molecule has 0 aliphatic heterocycles. The van der Waals surface area contributed by atoms with Crippen LogP contribution in [0.2, 0.25) is 5.02 Å². The van der Waals surface area contributed by atoms with Crippen LogP contribution >= 0.6 is 11.6 Å². The third kappa shape index (κ3) is 1.30. The Morgan fingerprint density at radius 1 is 1.43 bits per heavy atom. The molecule has 1 heterocycles. The summed E-state index contributed by atoms with van der Waals surface area (Å²) in [5.74, 6) is 0. The van der Waals surface area contributed by atoms with E-state index in [0.717, 1.165) is 5.56 Å². The lowest BCUT2D eigenvalue weighted by Gasteiger charge is -2.02. The topological polar surface area (TPSA) is 34.9 Å². The molecule has 0 unspecified atom stereocenters. The van der Waals surface area contributed by atoms with Gasteiger partial charge in [0.25, 0.3) is 5.56 Å². The van der Waals surface area contributed by atoms with Crippen molar-refractivity contribution in [2.45, 2.75) is 6.92 Å². The summed E-state index contributed by atoms with van der Waals surface area (Å²) in [6.07, 6.45) is 1.50. The number of aryl methyl sites for hydroxylation is 2. The van der Waals surface area contributed by atoms with Gasteiger partial charge in [-0.25, -0.2) is 4.98 Å². The number of halogens is 1. The largest absolute Gasteiger partial charge is 0.302 e. The molecule has 0 spiro atoms. The number of benzene rings is 1. The molecule has 0 aliphatic rings. The predicted molar refractivity (Wildman–Crippen MR) is 56.7 cm³/mol. The second-order valence-corrected chi connectivity index (χ2v) is 3.69. The Hall–Kier alpha value is -1.35. The zero-order valence-corrected chi connectivity index (χ0v) is 8.67. The van der Waals surface area contributed by atoms with Gasteiger partial charge in [0.1, 0.15) is 0 Å². The van der Waals surface area contributed by atoms with Gasteiger partial charge in [-0.1, -0.05) is 11.6 Å². The monoisotopic (exact) mass is 208 g/mol. The SMILES string of the molecule is Cc1cc2c(=O)n(C)cnc2cc1Cl.